The van der Waals surface area contributed by atoms with E-state index in [1.165, 1.54) is 0 Å². The lowest BCUT2D eigenvalue weighted by molar-refractivity contribution is -0.338. The number of ether oxygens (including phenoxy) is 10. The zero-order valence-corrected chi connectivity index (χ0v) is 40.4. The van der Waals surface area contributed by atoms with Crippen LogP contribution >= 0.6 is 0 Å². The summed E-state index contributed by atoms with van der Waals surface area (Å²) >= 11 is 0. The van der Waals surface area contributed by atoms with Crippen LogP contribution in [0.3, 0.4) is 0 Å². The molecule has 11 atom stereocenters. The molecule has 1 N–H and O–H groups in total. The minimum absolute atomic E-state index is 0.0507. The molecule has 14 heteroatoms. The number of benzene rings is 6. The van der Waals surface area contributed by atoms with Crippen LogP contribution in [0.5, 0.6) is 5.75 Å². The van der Waals surface area contributed by atoms with E-state index in [1.807, 2.05) is 176 Å². The van der Waals surface area contributed by atoms with Crippen LogP contribution in [-0.4, -0.2) is 92.7 Å². The molecule has 8 rings (SSSR count). The second kappa shape index (κ2) is 27.6. The molecule has 0 amide bonds. The number of aliphatic hydroxyl groups excluding tert-OH is 1. The molecule has 6 aromatic carbocycles. The Hall–Kier alpha value is -6.23. The SMILES string of the molecule is C=CCO[C@@H]1[C@H](OCc2ccc(OC)cc2)[C@H](OCc2ccccc2)[C@@H](OCc2ccccc2)[C@H](OCc2ccccc2)[C@H]1O[C@H]1O[C@H](COCc2ccccc2)[C@@H](O)[C@H](OCc2ccccc2)[C@H]1N=[N+]=[N-]. The van der Waals surface area contributed by atoms with Crippen LogP contribution in [0.1, 0.15) is 33.4 Å². The first-order valence-corrected chi connectivity index (χ1v) is 24.2. The van der Waals surface area contributed by atoms with Gasteiger partial charge in [0.25, 0.3) is 0 Å². The third-order valence-corrected chi connectivity index (χ3v) is 12.6. The second-order valence-corrected chi connectivity index (χ2v) is 17.6. The fourth-order valence-electron chi connectivity index (χ4n) is 8.94. The van der Waals surface area contributed by atoms with Gasteiger partial charge >= 0.3 is 0 Å². The highest BCUT2D eigenvalue weighted by Crippen LogP contribution is 2.39. The van der Waals surface area contributed by atoms with E-state index in [2.05, 4.69) is 16.6 Å². The number of methoxy groups -OCH3 is 1. The van der Waals surface area contributed by atoms with Gasteiger partial charge in [0.2, 0.25) is 0 Å². The molecule has 0 aromatic heterocycles. The number of hydrogen-bond acceptors (Lipinski definition) is 12. The molecular formula is C58H63N3O11. The molecule has 14 nitrogen and oxygen atoms in total. The van der Waals surface area contributed by atoms with Gasteiger partial charge in [-0.15, -0.1) is 6.58 Å². The quantitative estimate of drug-likeness (QED) is 0.0238. The Kier molecular flexibility index (Phi) is 19.9. The Balaban J connectivity index is 1.22. The fourth-order valence-corrected chi connectivity index (χ4v) is 8.94. The van der Waals surface area contributed by atoms with Crippen molar-refractivity contribution in [2.24, 2.45) is 5.11 Å². The topological polar surface area (TPSA) is 161 Å². The van der Waals surface area contributed by atoms with E-state index in [-0.39, 0.29) is 52.9 Å². The van der Waals surface area contributed by atoms with Gasteiger partial charge in [0.15, 0.2) is 6.29 Å². The standard InChI is InChI=1S/C58H63N3O11/c1-3-33-65-55-53(69-39-46-29-31-47(63-2)32-30-46)52(67-36-43-23-13-6-14-24-43)54(68-37-44-25-15-7-16-26-44)56(70-38-45-27-17-8-18-28-45)57(55)72-58-49(60-61-59)51(66-35-42-21-11-5-12-22-42)50(62)48(71-58)40-64-34-41-19-9-4-10-20-41/h3-32,48-58,62H,1,33-40H2,2H3/t48-,49-,50-,51-,52+,53-,54-,55-,56+,57+,58-/m1/s1. The summed E-state index contributed by atoms with van der Waals surface area (Å²) in [6, 6.07) is 55.2. The molecule has 1 saturated carbocycles. The fraction of sp³-hybridized carbons (Fsp3) is 0.345. The monoisotopic (exact) mass is 977 g/mol. The Morgan fingerprint density at radius 3 is 1.29 bits per heavy atom. The third kappa shape index (κ3) is 14.5. The second-order valence-electron chi connectivity index (χ2n) is 17.6. The predicted molar refractivity (Wildman–Crippen MR) is 270 cm³/mol. The molecule has 72 heavy (non-hydrogen) atoms. The Bertz CT molecular complexity index is 2530. The molecule has 1 heterocycles. The molecule has 0 radical (unpaired) electrons. The summed E-state index contributed by atoms with van der Waals surface area (Å²) in [6.45, 7) is 5.07. The van der Waals surface area contributed by atoms with Crippen molar-refractivity contribution in [3.05, 3.63) is 232 Å². The van der Waals surface area contributed by atoms with Gasteiger partial charge in [-0.25, -0.2) is 0 Å². The summed E-state index contributed by atoms with van der Waals surface area (Å²) in [5, 5.41) is 16.4. The highest BCUT2D eigenvalue weighted by molar-refractivity contribution is 5.27. The lowest BCUT2D eigenvalue weighted by Gasteiger charge is -2.51. The summed E-state index contributed by atoms with van der Waals surface area (Å²) in [4.78, 5) is 3.25. The predicted octanol–water partition coefficient (Wildman–Crippen LogP) is 9.87. The largest absolute Gasteiger partial charge is 0.497 e. The van der Waals surface area contributed by atoms with Crippen LogP contribution in [0, 0.1) is 0 Å². The molecule has 1 saturated heterocycles. The first-order chi connectivity index (χ1) is 35.5. The van der Waals surface area contributed by atoms with Crippen molar-refractivity contribution in [1.82, 2.24) is 0 Å². The molecule has 2 fully saturated rings. The minimum Gasteiger partial charge on any atom is -0.497 e. The smallest absolute Gasteiger partial charge is 0.169 e. The van der Waals surface area contributed by atoms with Gasteiger partial charge in [-0.05, 0) is 51.0 Å². The van der Waals surface area contributed by atoms with Crippen molar-refractivity contribution in [1.29, 1.82) is 0 Å². The van der Waals surface area contributed by atoms with Crippen LogP contribution in [0.25, 0.3) is 10.4 Å². The van der Waals surface area contributed by atoms with Crippen LogP contribution in [0.2, 0.25) is 0 Å². The van der Waals surface area contributed by atoms with Crippen LogP contribution in [0.15, 0.2) is 194 Å². The highest BCUT2D eigenvalue weighted by Gasteiger charge is 2.57. The summed E-state index contributed by atoms with van der Waals surface area (Å²) in [6.07, 6.45) is -8.71. The first-order valence-electron chi connectivity index (χ1n) is 24.2. The van der Waals surface area contributed by atoms with Crippen LogP contribution in [0.4, 0.5) is 0 Å². The van der Waals surface area contributed by atoms with Gasteiger partial charge < -0.3 is 52.5 Å². The first kappa shape index (κ1) is 52.1. The lowest BCUT2D eigenvalue weighted by atomic mass is 9.83. The number of hydrogen-bond donors (Lipinski definition) is 1. The molecular weight excluding hydrogens is 915 g/mol. The molecule has 376 valence electrons. The van der Waals surface area contributed by atoms with Crippen molar-refractivity contribution in [3.8, 4) is 5.75 Å². The average molecular weight is 978 g/mol. The van der Waals surface area contributed by atoms with Gasteiger partial charge in [-0.3, -0.25) is 0 Å². The highest BCUT2D eigenvalue weighted by atomic mass is 16.7. The molecule has 2 aliphatic rings. The van der Waals surface area contributed by atoms with E-state index >= 15 is 0 Å². The summed E-state index contributed by atoms with van der Waals surface area (Å²) in [7, 11) is 1.62. The maximum atomic E-state index is 12.1. The van der Waals surface area contributed by atoms with E-state index in [0.717, 1.165) is 33.4 Å². The average Bonchev–Trinajstić information content (AvgIpc) is 3.43. The number of aliphatic hydroxyl groups is 1. The molecule has 0 spiro atoms. The summed E-state index contributed by atoms with van der Waals surface area (Å²) in [5.74, 6) is 0.705. The lowest BCUT2D eigenvalue weighted by Crippen LogP contribution is -2.69. The van der Waals surface area contributed by atoms with Crippen molar-refractivity contribution in [2.45, 2.75) is 107 Å². The van der Waals surface area contributed by atoms with E-state index in [1.54, 1.807) is 13.2 Å². The van der Waals surface area contributed by atoms with Crippen molar-refractivity contribution in [2.75, 3.05) is 20.3 Å². The summed E-state index contributed by atoms with van der Waals surface area (Å²) < 4.78 is 67.2. The van der Waals surface area contributed by atoms with Crippen LogP contribution < -0.4 is 4.74 Å². The summed E-state index contributed by atoms with van der Waals surface area (Å²) in [5.41, 5.74) is 15.6. The van der Waals surface area contributed by atoms with Crippen molar-refractivity contribution < 1.29 is 52.5 Å². The van der Waals surface area contributed by atoms with Gasteiger partial charge in [0.05, 0.1) is 66.1 Å². The van der Waals surface area contributed by atoms with Gasteiger partial charge in [-0.2, -0.15) is 0 Å². The maximum absolute atomic E-state index is 12.1. The van der Waals surface area contributed by atoms with Crippen molar-refractivity contribution >= 4 is 0 Å². The zero-order chi connectivity index (χ0) is 49.7. The van der Waals surface area contributed by atoms with Gasteiger partial charge in [0.1, 0.15) is 60.6 Å². The number of azide groups is 1. The molecule has 0 unspecified atom stereocenters. The van der Waals surface area contributed by atoms with Crippen molar-refractivity contribution in [3.63, 3.8) is 0 Å². The van der Waals surface area contributed by atoms with E-state index in [9.17, 15) is 10.6 Å². The van der Waals surface area contributed by atoms with Crippen LogP contribution in [-0.2, 0) is 82.3 Å². The number of rotatable bonds is 26. The van der Waals surface area contributed by atoms with Gasteiger partial charge in [-0.1, -0.05) is 175 Å². The van der Waals surface area contributed by atoms with E-state index in [0.29, 0.717) is 5.75 Å². The molecule has 6 aromatic rings. The van der Waals surface area contributed by atoms with E-state index < -0.39 is 67.3 Å². The molecule has 1 aliphatic heterocycles. The normalized spacial score (nSPS) is 25.0. The third-order valence-electron chi connectivity index (χ3n) is 12.6. The zero-order valence-electron chi connectivity index (χ0n) is 40.4. The Labute approximate surface area is 421 Å². The number of nitrogens with zero attached hydrogens (tertiary/aromatic N) is 3. The van der Waals surface area contributed by atoms with Gasteiger partial charge in [0, 0.05) is 4.91 Å². The minimum atomic E-state index is -1.35. The van der Waals surface area contributed by atoms with E-state index in [4.69, 9.17) is 47.4 Å². The molecule has 0 bridgehead atoms. The Morgan fingerprint density at radius 1 is 0.514 bits per heavy atom. The molecule has 1 aliphatic carbocycles. The Morgan fingerprint density at radius 2 is 0.889 bits per heavy atom. The maximum Gasteiger partial charge on any atom is 0.169 e.